The Bertz CT molecular complexity index is 582. The summed E-state index contributed by atoms with van der Waals surface area (Å²) < 4.78 is 5.69. The number of rotatable bonds is 5. The Labute approximate surface area is 123 Å². The van der Waals surface area contributed by atoms with Crippen molar-refractivity contribution in [3.8, 4) is 5.75 Å². The number of thiocarbonyl (C=S) groups is 1. The van der Waals surface area contributed by atoms with Gasteiger partial charge in [-0.15, -0.1) is 0 Å². The second kappa shape index (κ2) is 7.25. The zero-order chi connectivity index (χ0) is 14.2. The number of hydrogen-bond donors (Lipinski definition) is 2. The van der Waals surface area contributed by atoms with Crippen LogP contribution in [0, 0.1) is 0 Å². The molecule has 0 aliphatic carbocycles. The summed E-state index contributed by atoms with van der Waals surface area (Å²) in [7, 11) is 0. The Morgan fingerprint density at radius 3 is 2.50 bits per heavy atom. The molecule has 0 atom stereocenters. The van der Waals surface area contributed by atoms with Crippen molar-refractivity contribution in [1.29, 1.82) is 0 Å². The molecule has 0 bridgehead atoms. The van der Waals surface area contributed by atoms with Crippen LogP contribution in [-0.2, 0) is 6.61 Å². The Morgan fingerprint density at radius 1 is 1.15 bits per heavy atom. The van der Waals surface area contributed by atoms with E-state index in [9.17, 15) is 0 Å². The first kappa shape index (κ1) is 14.0. The first-order valence-corrected chi connectivity index (χ1v) is 6.50. The zero-order valence-corrected chi connectivity index (χ0v) is 11.6. The maximum absolute atomic E-state index is 5.69. The molecular weight excluding hydrogens is 270 g/mol. The van der Waals surface area contributed by atoms with E-state index in [-0.39, 0.29) is 5.11 Å². The molecule has 2 rings (SSSR count). The number of ether oxygens (including phenoxy) is 1. The van der Waals surface area contributed by atoms with Crippen LogP contribution in [0.2, 0.25) is 0 Å². The lowest BCUT2D eigenvalue weighted by molar-refractivity contribution is 0.306. The quantitative estimate of drug-likeness (QED) is 0.503. The van der Waals surface area contributed by atoms with Crippen LogP contribution in [-0.4, -0.2) is 11.3 Å². The van der Waals surface area contributed by atoms with Gasteiger partial charge >= 0.3 is 0 Å². The lowest BCUT2D eigenvalue weighted by Gasteiger charge is -2.06. The molecule has 4 nitrogen and oxygen atoms in total. The van der Waals surface area contributed by atoms with Gasteiger partial charge in [-0.05, 0) is 47.6 Å². The molecule has 2 aromatic carbocycles. The Kier molecular flexibility index (Phi) is 5.08. The van der Waals surface area contributed by atoms with Crippen LogP contribution in [0.4, 0.5) is 0 Å². The molecule has 2 aromatic rings. The van der Waals surface area contributed by atoms with E-state index in [1.807, 2.05) is 54.6 Å². The molecule has 0 radical (unpaired) electrons. The molecular formula is C15H15N3OS. The Hall–Kier alpha value is -2.40. The normalized spacial score (nSPS) is 10.4. The molecule has 0 aromatic heterocycles. The van der Waals surface area contributed by atoms with Crippen LogP contribution in [0.25, 0.3) is 0 Å². The van der Waals surface area contributed by atoms with Gasteiger partial charge in [-0.3, -0.25) is 5.43 Å². The number of benzene rings is 2. The number of nitrogens with zero attached hydrogens (tertiary/aromatic N) is 1. The summed E-state index contributed by atoms with van der Waals surface area (Å²) in [6.45, 7) is 0.553. The lowest BCUT2D eigenvalue weighted by Crippen LogP contribution is -2.23. The van der Waals surface area contributed by atoms with E-state index in [0.717, 1.165) is 16.9 Å². The summed E-state index contributed by atoms with van der Waals surface area (Å²) in [5.74, 6) is 0.813. The largest absolute Gasteiger partial charge is 0.489 e. The van der Waals surface area contributed by atoms with E-state index in [4.69, 9.17) is 10.5 Å². The molecule has 5 heteroatoms. The minimum atomic E-state index is 0.143. The lowest BCUT2D eigenvalue weighted by atomic mass is 10.2. The van der Waals surface area contributed by atoms with Crippen molar-refractivity contribution in [2.75, 3.05) is 0 Å². The highest BCUT2D eigenvalue weighted by atomic mass is 32.1. The van der Waals surface area contributed by atoms with E-state index in [0.29, 0.717) is 6.61 Å². The first-order valence-electron chi connectivity index (χ1n) is 6.09. The maximum atomic E-state index is 5.69. The van der Waals surface area contributed by atoms with Gasteiger partial charge in [0, 0.05) is 0 Å². The van der Waals surface area contributed by atoms with Crippen LogP contribution in [0.15, 0.2) is 59.7 Å². The van der Waals surface area contributed by atoms with Gasteiger partial charge in [0.05, 0.1) is 6.21 Å². The maximum Gasteiger partial charge on any atom is 0.184 e. The number of nitrogens with one attached hydrogen (secondary N) is 1. The fraction of sp³-hybridized carbons (Fsp3) is 0.0667. The SMILES string of the molecule is NC(=S)N/N=C\c1ccc(OCc2ccccc2)cc1. The third kappa shape index (κ3) is 4.70. The summed E-state index contributed by atoms with van der Waals surface area (Å²) >= 11 is 4.65. The fourth-order valence-corrected chi connectivity index (χ4v) is 1.61. The highest BCUT2D eigenvalue weighted by Crippen LogP contribution is 2.13. The van der Waals surface area contributed by atoms with Crippen molar-refractivity contribution in [2.45, 2.75) is 6.61 Å². The smallest absolute Gasteiger partial charge is 0.184 e. The second-order valence-electron chi connectivity index (χ2n) is 4.08. The zero-order valence-electron chi connectivity index (χ0n) is 10.8. The van der Waals surface area contributed by atoms with Crippen LogP contribution in [0.1, 0.15) is 11.1 Å². The van der Waals surface area contributed by atoms with Gasteiger partial charge in [0.2, 0.25) is 0 Å². The van der Waals surface area contributed by atoms with Gasteiger partial charge in [0.1, 0.15) is 12.4 Å². The van der Waals surface area contributed by atoms with Crippen molar-refractivity contribution in [3.63, 3.8) is 0 Å². The summed E-state index contributed by atoms with van der Waals surface area (Å²) in [6.07, 6.45) is 1.64. The molecule has 0 fully saturated rings. The number of nitrogens with two attached hydrogens (primary N) is 1. The van der Waals surface area contributed by atoms with E-state index in [1.165, 1.54) is 0 Å². The highest BCUT2D eigenvalue weighted by Gasteiger charge is 1.95. The molecule has 0 aliphatic heterocycles. The summed E-state index contributed by atoms with van der Waals surface area (Å²) in [5.41, 5.74) is 9.83. The molecule has 0 saturated carbocycles. The fourth-order valence-electron chi connectivity index (χ4n) is 1.56. The molecule has 0 heterocycles. The number of hydrogen-bond acceptors (Lipinski definition) is 3. The molecule has 3 N–H and O–H groups in total. The molecule has 0 amide bonds. The molecule has 0 aliphatic rings. The highest BCUT2D eigenvalue weighted by molar-refractivity contribution is 7.80. The Morgan fingerprint density at radius 2 is 1.85 bits per heavy atom. The molecule has 0 spiro atoms. The van der Waals surface area contributed by atoms with Crippen molar-refractivity contribution >= 4 is 23.5 Å². The standard InChI is InChI=1S/C15H15N3OS/c16-15(20)18-17-10-12-6-8-14(9-7-12)19-11-13-4-2-1-3-5-13/h1-10H,11H2,(H3,16,18,20)/b17-10-. The van der Waals surface area contributed by atoms with Gasteiger partial charge in [0.15, 0.2) is 5.11 Å². The van der Waals surface area contributed by atoms with Gasteiger partial charge in [-0.25, -0.2) is 0 Å². The van der Waals surface area contributed by atoms with Crippen LogP contribution < -0.4 is 15.9 Å². The molecule has 102 valence electrons. The van der Waals surface area contributed by atoms with Gasteiger partial charge in [0.25, 0.3) is 0 Å². The predicted octanol–water partition coefficient (Wildman–Crippen LogP) is 2.43. The van der Waals surface area contributed by atoms with Crippen molar-refractivity contribution < 1.29 is 4.74 Å². The van der Waals surface area contributed by atoms with Gasteiger partial charge in [-0.2, -0.15) is 5.10 Å². The van der Waals surface area contributed by atoms with Crippen LogP contribution >= 0.6 is 12.2 Å². The first-order chi connectivity index (χ1) is 9.74. The van der Waals surface area contributed by atoms with E-state index >= 15 is 0 Å². The third-order valence-electron chi connectivity index (χ3n) is 2.52. The average molecular weight is 285 g/mol. The Balaban J connectivity index is 1.88. The molecule has 0 saturated heterocycles. The van der Waals surface area contributed by atoms with Crippen LogP contribution in [0.3, 0.4) is 0 Å². The number of hydrazone groups is 1. The van der Waals surface area contributed by atoms with E-state index < -0.39 is 0 Å². The average Bonchev–Trinajstić information content (AvgIpc) is 2.47. The van der Waals surface area contributed by atoms with Crippen molar-refractivity contribution in [2.24, 2.45) is 10.8 Å². The van der Waals surface area contributed by atoms with Gasteiger partial charge < -0.3 is 10.5 Å². The molecule has 0 unspecified atom stereocenters. The minimum absolute atomic E-state index is 0.143. The van der Waals surface area contributed by atoms with E-state index in [1.54, 1.807) is 6.21 Å². The van der Waals surface area contributed by atoms with Crippen molar-refractivity contribution in [1.82, 2.24) is 5.43 Å². The monoisotopic (exact) mass is 285 g/mol. The van der Waals surface area contributed by atoms with Crippen molar-refractivity contribution in [3.05, 3.63) is 65.7 Å². The second-order valence-corrected chi connectivity index (χ2v) is 4.52. The van der Waals surface area contributed by atoms with E-state index in [2.05, 4.69) is 22.7 Å². The summed E-state index contributed by atoms with van der Waals surface area (Å²) in [6, 6.07) is 17.6. The summed E-state index contributed by atoms with van der Waals surface area (Å²) in [5, 5.41) is 4.02. The molecule has 20 heavy (non-hydrogen) atoms. The minimum Gasteiger partial charge on any atom is -0.489 e. The summed E-state index contributed by atoms with van der Waals surface area (Å²) in [4.78, 5) is 0. The predicted molar refractivity (Wildman–Crippen MR) is 84.7 cm³/mol. The topological polar surface area (TPSA) is 59.6 Å². The third-order valence-corrected chi connectivity index (χ3v) is 2.61. The van der Waals surface area contributed by atoms with Gasteiger partial charge in [-0.1, -0.05) is 30.3 Å². The van der Waals surface area contributed by atoms with Crippen LogP contribution in [0.5, 0.6) is 5.75 Å².